The van der Waals surface area contributed by atoms with Crippen molar-refractivity contribution in [3.05, 3.63) is 0 Å². The predicted octanol–water partition coefficient (Wildman–Crippen LogP) is 1.33. The van der Waals surface area contributed by atoms with E-state index in [1.54, 1.807) is 11.8 Å². The van der Waals surface area contributed by atoms with Crippen molar-refractivity contribution in [1.82, 2.24) is 0 Å². The number of rotatable bonds is 2. The summed E-state index contributed by atoms with van der Waals surface area (Å²) in [6, 6.07) is 0. The Hall–Kier alpha value is -0.710. The van der Waals surface area contributed by atoms with Crippen molar-refractivity contribution in [1.29, 1.82) is 0 Å². The maximum atomic E-state index is 10.7. The Morgan fingerprint density at radius 3 is 2.43 bits per heavy atom. The minimum absolute atomic E-state index is 0.0990. The van der Waals surface area contributed by atoms with Crippen LogP contribution in [0.4, 0.5) is 0 Å². The van der Waals surface area contributed by atoms with Gasteiger partial charge in [-0.15, -0.1) is 11.8 Å². The SMILES string of the molecule is CC(=O)O[C@H]1CCS[C@H](OC(C)=O)C1. The van der Waals surface area contributed by atoms with E-state index in [-0.39, 0.29) is 23.5 Å². The summed E-state index contributed by atoms with van der Waals surface area (Å²) in [4.78, 5) is 21.4. The minimum Gasteiger partial charge on any atom is -0.462 e. The third kappa shape index (κ3) is 4.00. The number of hydrogen-bond acceptors (Lipinski definition) is 5. The van der Waals surface area contributed by atoms with Crippen LogP contribution in [0.25, 0.3) is 0 Å². The van der Waals surface area contributed by atoms with Gasteiger partial charge in [0.2, 0.25) is 0 Å². The van der Waals surface area contributed by atoms with Crippen LogP contribution in [0.1, 0.15) is 26.7 Å². The van der Waals surface area contributed by atoms with Crippen LogP contribution in [-0.4, -0.2) is 29.2 Å². The smallest absolute Gasteiger partial charge is 0.303 e. The molecule has 0 unspecified atom stereocenters. The van der Waals surface area contributed by atoms with E-state index in [0.717, 1.165) is 12.2 Å². The van der Waals surface area contributed by atoms with Crippen LogP contribution in [-0.2, 0) is 19.1 Å². The van der Waals surface area contributed by atoms with Gasteiger partial charge in [-0.1, -0.05) is 0 Å². The van der Waals surface area contributed by atoms with Crippen LogP contribution in [0, 0.1) is 0 Å². The number of thioether (sulfide) groups is 1. The van der Waals surface area contributed by atoms with Crippen LogP contribution in [0.3, 0.4) is 0 Å². The largest absolute Gasteiger partial charge is 0.462 e. The van der Waals surface area contributed by atoms with E-state index < -0.39 is 0 Å². The van der Waals surface area contributed by atoms with Gasteiger partial charge in [-0.2, -0.15) is 0 Å². The summed E-state index contributed by atoms with van der Waals surface area (Å²) in [6.07, 6.45) is 1.34. The molecule has 1 aliphatic heterocycles. The minimum atomic E-state index is -0.286. The number of carbonyl (C=O) groups is 2. The molecule has 2 atom stereocenters. The fraction of sp³-hybridized carbons (Fsp3) is 0.778. The number of esters is 2. The first kappa shape index (κ1) is 11.4. The molecular weight excluding hydrogens is 204 g/mol. The average Bonchev–Trinajstić information content (AvgIpc) is 2.01. The lowest BCUT2D eigenvalue weighted by Gasteiger charge is -2.27. The molecule has 0 saturated carbocycles. The zero-order chi connectivity index (χ0) is 10.6. The van der Waals surface area contributed by atoms with Gasteiger partial charge in [0, 0.05) is 26.0 Å². The van der Waals surface area contributed by atoms with Crippen LogP contribution in [0.15, 0.2) is 0 Å². The molecule has 0 aromatic heterocycles. The molecule has 4 nitrogen and oxygen atoms in total. The van der Waals surface area contributed by atoms with Crippen molar-refractivity contribution in [3.63, 3.8) is 0 Å². The van der Waals surface area contributed by atoms with Crippen LogP contribution in [0.2, 0.25) is 0 Å². The lowest BCUT2D eigenvalue weighted by atomic mass is 10.2. The third-order valence-corrected chi connectivity index (χ3v) is 2.96. The molecule has 0 N–H and O–H groups in total. The van der Waals surface area contributed by atoms with Crippen molar-refractivity contribution in [2.24, 2.45) is 0 Å². The van der Waals surface area contributed by atoms with Gasteiger partial charge < -0.3 is 9.47 Å². The van der Waals surface area contributed by atoms with Crippen LogP contribution < -0.4 is 0 Å². The monoisotopic (exact) mass is 218 g/mol. The molecule has 5 heteroatoms. The summed E-state index contributed by atoms with van der Waals surface area (Å²) in [5.41, 5.74) is -0.161. The van der Waals surface area contributed by atoms with Gasteiger partial charge >= 0.3 is 11.9 Å². The van der Waals surface area contributed by atoms with Crippen LogP contribution in [0.5, 0.6) is 0 Å². The highest BCUT2D eigenvalue weighted by Crippen LogP contribution is 2.28. The zero-order valence-corrected chi connectivity index (χ0v) is 9.13. The topological polar surface area (TPSA) is 52.6 Å². The molecule has 0 amide bonds. The molecule has 1 saturated heterocycles. The van der Waals surface area contributed by atoms with E-state index >= 15 is 0 Å². The molecule has 80 valence electrons. The van der Waals surface area contributed by atoms with E-state index in [0.29, 0.717) is 6.42 Å². The van der Waals surface area contributed by atoms with Crippen molar-refractivity contribution >= 4 is 23.7 Å². The Bertz CT molecular complexity index is 207. The Balaban J connectivity index is 2.35. The standard InChI is InChI=1S/C9H14O4S/c1-6(10)12-8-3-4-14-9(5-8)13-7(2)11/h8-9H,3-5H2,1-2H3/t8-,9-/m0/s1. The number of hydrogen-bond donors (Lipinski definition) is 0. The van der Waals surface area contributed by atoms with Gasteiger partial charge in [-0.3, -0.25) is 9.59 Å². The Morgan fingerprint density at radius 1 is 1.21 bits per heavy atom. The lowest BCUT2D eigenvalue weighted by molar-refractivity contribution is -0.149. The molecule has 0 spiro atoms. The molecule has 1 rings (SSSR count). The third-order valence-electron chi connectivity index (χ3n) is 1.83. The first-order valence-electron chi connectivity index (χ1n) is 4.54. The van der Waals surface area contributed by atoms with E-state index in [1.807, 2.05) is 0 Å². The van der Waals surface area contributed by atoms with Gasteiger partial charge in [0.05, 0.1) is 0 Å². The van der Waals surface area contributed by atoms with Gasteiger partial charge in [0.25, 0.3) is 0 Å². The highest BCUT2D eigenvalue weighted by molar-refractivity contribution is 7.99. The van der Waals surface area contributed by atoms with Gasteiger partial charge in [0.15, 0.2) is 5.44 Å². The summed E-state index contributed by atoms with van der Waals surface area (Å²) in [6.45, 7) is 2.78. The molecule has 1 fully saturated rings. The maximum absolute atomic E-state index is 10.7. The average molecular weight is 218 g/mol. The lowest BCUT2D eigenvalue weighted by Crippen LogP contribution is -2.29. The summed E-state index contributed by atoms with van der Waals surface area (Å²) < 4.78 is 10.1. The molecule has 0 bridgehead atoms. The first-order valence-corrected chi connectivity index (χ1v) is 5.59. The molecule has 14 heavy (non-hydrogen) atoms. The Labute approximate surface area is 87.3 Å². The molecule has 1 aliphatic rings. The van der Waals surface area contributed by atoms with E-state index in [9.17, 15) is 9.59 Å². The van der Waals surface area contributed by atoms with E-state index in [2.05, 4.69) is 0 Å². The molecular formula is C9H14O4S. The van der Waals surface area contributed by atoms with Crippen molar-refractivity contribution in [2.45, 2.75) is 38.2 Å². The summed E-state index contributed by atoms with van der Waals surface area (Å²) >= 11 is 1.59. The van der Waals surface area contributed by atoms with Gasteiger partial charge in [-0.25, -0.2) is 0 Å². The fourth-order valence-corrected chi connectivity index (χ4v) is 2.56. The highest BCUT2D eigenvalue weighted by atomic mass is 32.2. The molecule has 1 heterocycles. The van der Waals surface area contributed by atoms with E-state index in [1.165, 1.54) is 13.8 Å². The quantitative estimate of drug-likeness (QED) is 0.654. The maximum Gasteiger partial charge on any atom is 0.303 e. The number of carbonyl (C=O) groups excluding carboxylic acids is 2. The second kappa shape index (κ2) is 5.24. The van der Waals surface area contributed by atoms with Crippen LogP contribution >= 0.6 is 11.8 Å². The second-order valence-electron chi connectivity index (χ2n) is 3.17. The molecule has 0 aromatic rings. The van der Waals surface area contributed by atoms with Crippen molar-refractivity contribution < 1.29 is 19.1 Å². The number of ether oxygens (including phenoxy) is 2. The normalized spacial score (nSPS) is 26.7. The molecule has 0 aliphatic carbocycles. The van der Waals surface area contributed by atoms with Crippen molar-refractivity contribution in [3.8, 4) is 0 Å². The highest BCUT2D eigenvalue weighted by Gasteiger charge is 2.26. The fourth-order valence-electron chi connectivity index (χ4n) is 1.34. The van der Waals surface area contributed by atoms with E-state index in [4.69, 9.17) is 9.47 Å². The van der Waals surface area contributed by atoms with Gasteiger partial charge in [0.1, 0.15) is 6.10 Å². The Morgan fingerprint density at radius 2 is 1.86 bits per heavy atom. The first-order chi connectivity index (χ1) is 6.58. The second-order valence-corrected chi connectivity index (χ2v) is 4.43. The summed E-state index contributed by atoms with van der Waals surface area (Å²) in [7, 11) is 0. The molecule has 0 radical (unpaired) electrons. The summed E-state index contributed by atoms with van der Waals surface area (Å²) in [5.74, 6) is 0.296. The zero-order valence-electron chi connectivity index (χ0n) is 8.32. The Kier molecular flexibility index (Phi) is 4.25. The predicted molar refractivity (Wildman–Crippen MR) is 52.8 cm³/mol. The molecule has 0 aromatic carbocycles. The van der Waals surface area contributed by atoms with Gasteiger partial charge in [-0.05, 0) is 6.42 Å². The summed E-state index contributed by atoms with van der Waals surface area (Å²) in [5, 5.41) is 0. The van der Waals surface area contributed by atoms with Crippen molar-refractivity contribution in [2.75, 3.05) is 5.75 Å².